The summed E-state index contributed by atoms with van der Waals surface area (Å²) in [6, 6.07) is 0.315. The second kappa shape index (κ2) is 5.60. The lowest BCUT2D eigenvalue weighted by atomic mass is 9.78. The Morgan fingerprint density at radius 2 is 1.83 bits per heavy atom. The van der Waals surface area contributed by atoms with Crippen LogP contribution in [0.25, 0.3) is 0 Å². The van der Waals surface area contributed by atoms with E-state index in [1.165, 1.54) is 12.8 Å². The van der Waals surface area contributed by atoms with E-state index < -0.39 is 0 Å². The third-order valence-electron chi connectivity index (χ3n) is 5.15. The highest BCUT2D eigenvalue weighted by Crippen LogP contribution is 2.32. The predicted octanol–water partition coefficient (Wildman–Crippen LogP) is 2.25. The van der Waals surface area contributed by atoms with Gasteiger partial charge in [-0.15, -0.1) is 0 Å². The first-order valence-corrected chi connectivity index (χ1v) is 7.53. The van der Waals surface area contributed by atoms with Crippen molar-refractivity contribution in [3.05, 3.63) is 0 Å². The number of hydrogen-bond donors (Lipinski definition) is 1. The molecule has 1 aliphatic carbocycles. The van der Waals surface area contributed by atoms with E-state index in [2.05, 4.69) is 25.7 Å². The molecule has 0 bridgehead atoms. The minimum Gasteiger partial charge on any atom is -0.342 e. The minimum atomic E-state index is 0.161. The summed E-state index contributed by atoms with van der Waals surface area (Å²) in [5.74, 6) is 2.33. The summed E-state index contributed by atoms with van der Waals surface area (Å²) >= 11 is 0. The van der Waals surface area contributed by atoms with Gasteiger partial charge >= 0.3 is 0 Å². The number of carbonyl (C=O) groups is 1. The van der Waals surface area contributed by atoms with Crippen LogP contribution in [0.1, 0.15) is 46.5 Å². The summed E-state index contributed by atoms with van der Waals surface area (Å²) in [6.07, 6.45) is 4.54. The number of hydrogen-bond acceptors (Lipinski definition) is 2. The molecule has 1 saturated heterocycles. The van der Waals surface area contributed by atoms with Gasteiger partial charge in [-0.1, -0.05) is 27.2 Å². The summed E-state index contributed by atoms with van der Waals surface area (Å²) in [7, 11) is 0. The molecule has 104 valence electrons. The number of carbonyl (C=O) groups excluding carboxylic acids is 1. The van der Waals surface area contributed by atoms with E-state index in [1.54, 1.807) is 0 Å². The molecule has 5 unspecified atom stereocenters. The molecule has 0 spiro atoms. The molecule has 0 aromatic heterocycles. The third kappa shape index (κ3) is 2.87. The normalized spacial score (nSPS) is 38.8. The highest BCUT2D eigenvalue weighted by atomic mass is 16.2. The fourth-order valence-corrected chi connectivity index (χ4v) is 3.52. The second-order valence-corrected chi connectivity index (χ2v) is 6.67. The maximum absolute atomic E-state index is 12.5. The summed E-state index contributed by atoms with van der Waals surface area (Å²) in [6.45, 7) is 8.50. The van der Waals surface area contributed by atoms with Crippen LogP contribution in [0.4, 0.5) is 0 Å². The lowest BCUT2D eigenvalue weighted by molar-refractivity contribution is -0.136. The van der Waals surface area contributed by atoms with Crippen molar-refractivity contribution in [2.24, 2.45) is 29.4 Å². The minimum absolute atomic E-state index is 0.161. The van der Waals surface area contributed by atoms with Crippen molar-refractivity contribution in [2.45, 2.75) is 52.5 Å². The summed E-state index contributed by atoms with van der Waals surface area (Å²) in [5, 5.41) is 0. The molecule has 0 aromatic carbocycles. The number of amides is 1. The molecule has 2 rings (SSSR count). The molecule has 1 amide bonds. The van der Waals surface area contributed by atoms with Gasteiger partial charge in [0.2, 0.25) is 5.91 Å². The zero-order chi connectivity index (χ0) is 13.3. The van der Waals surface area contributed by atoms with Gasteiger partial charge in [0.05, 0.1) is 0 Å². The van der Waals surface area contributed by atoms with Gasteiger partial charge < -0.3 is 10.6 Å². The highest BCUT2D eigenvalue weighted by molar-refractivity contribution is 5.79. The summed E-state index contributed by atoms with van der Waals surface area (Å²) in [5.41, 5.74) is 6.04. The van der Waals surface area contributed by atoms with Crippen molar-refractivity contribution < 1.29 is 4.79 Å². The van der Waals surface area contributed by atoms with Gasteiger partial charge in [-0.25, -0.2) is 0 Å². The van der Waals surface area contributed by atoms with Gasteiger partial charge in [0, 0.05) is 25.0 Å². The third-order valence-corrected chi connectivity index (χ3v) is 5.15. The van der Waals surface area contributed by atoms with Crippen LogP contribution in [-0.2, 0) is 4.79 Å². The van der Waals surface area contributed by atoms with Gasteiger partial charge in [0.1, 0.15) is 0 Å². The average molecular weight is 252 g/mol. The zero-order valence-corrected chi connectivity index (χ0v) is 12.1. The van der Waals surface area contributed by atoms with Gasteiger partial charge in [0.25, 0.3) is 0 Å². The standard InChI is InChI=1S/C15H28N2O/c1-10-8-17(9-11(10)2)15(18)12(3)13-5-4-6-14(16)7-13/h10-14H,4-9,16H2,1-3H3. The first-order chi connectivity index (χ1) is 8.49. The van der Waals surface area contributed by atoms with Crippen molar-refractivity contribution in [3.8, 4) is 0 Å². The van der Waals surface area contributed by atoms with Crippen LogP contribution >= 0.6 is 0 Å². The Hall–Kier alpha value is -0.570. The Morgan fingerprint density at radius 1 is 1.22 bits per heavy atom. The van der Waals surface area contributed by atoms with Crippen LogP contribution in [0, 0.1) is 23.7 Å². The molecule has 1 heterocycles. The fourth-order valence-electron chi connectivity index (χ4n) is 3.52. The molecule has 0 aromatic rings. The molecular formula is C15H28N2O. The van der Waals surface area contributed by atoms with Gasteiger partial charge in [0.15, 0.2) is 0 Å². The molecule has 3 nitrogen and oxygen atoms in total. The molecule has 0 radical (unpaired) electrons. The Morgan fingerprint density at radius 3 is 2.39 bits per heavy atom. The Bertz CT molecular complexity index is 295. The Labute approximate surface area is 111 Å². The van der Waals surface area contributed by atoms with E-state index in [0.29, 0.717) is 29.7 Å². The second-order valence-electron chi connectivity index (χ2n) is 6.67. The molecule has 5 atom stereocenters. The molecule has 1 aliphatic heterocycles. The maximum atomic E-state index is 12.5. The van der Waals surface area contributed by atoms with Crippen molar-refractivity contribution in [3.63, 3.8) is 0 Å². The fraction of sp³-hybridized carbons (Fsp3) is 0.933. The summed E-state index contributed by atoms with van der Waals surface area (Å²) in [4.78, 5) is 14.6. The lowest BCUT2D eigenvalue weighted by Crippen LogP contribution is -2.39. The first kappa shape index (κ1) is 13.9. The van der Waals surface area contributed by atoms with Crippen LogP contribution < -0.4 is 5.73 Å². The van der Waals surface area contributed by atoms with Crippen LogP contribution in [0.2, 0.25) is 0 Å². The lowest BCUT2D eigenvalue weighted by Gasteiger charge is -2.32. The van der Waals surface area contributed by atoms with Gasteiger partial charge in [-0.2, -0.15) is 0 Å². The Kier molecular flexibility index (Phi) is 4.31. The first-order valence-electron chi connectivity index (χ1n) is 7.53. The van der Waals surface area contributed by atoms with E-state index in [0.717, 1.165) is 25.9 Å². The van der Waals surface area contributed by atoms with Crippen molar-refractivity contribution in [1.82, 2.24) is 4.90 Å². The van der Waals surface area contributed by atoms with E-state index in [4.69, 9.17) is 5.73 Å². The predicted molar refractivity (Wildman–Crippen MR) is 74.0 cm³/mol. The van der Waals surface area contributed by atoms with E-state index in [9.17, 15) is 4.79 Å². The molecule has 2 N–H and O–H groups in total. The maximum Gasteiger partial charge on any atom is 0.225 e. The van der Waals surface area contributed by atoms with Crippen molar-refractivity contribution in [1.29, 1.82) is 0 Å². The van der Waals surface area contributed by atoms with Crippen LogP contribution in [0.5, 0.6) is 0 Å². The monoisotopic (exact) mass is 252 g/mol. The van der Waals surface area contributed by atoms with E-state index in [-0.39, 0.29) is 5.92 Å². The molecule has 2 aliphatic rings. The van der Waals surface area contributed by atoms with Crippen molar-refractivity contribution >= 4 is 5.91 Å². The van der Waals surface area contributed by atoms with Crippen molar-refractivity contribution in [2.75, 3.05) is 13.1 Å². The summed E-state index contributed by atoms with van der Waals surface area (Å²) < 4.78 is 0. The van der Waals surface area contributed by atoms with Crippen LogP contribution in [0.15, 0.2) is 0 Å². The Balaban J connectivity index is 1.92. The molecule has 18 heavy (non-hydrogen) atoms. The largest absolute Gasteiger partial charge is 0.342 e. The SMILES string of the molecule is CC1CN(C(=O)C(C)C2CCCC(N)C2)CC1C. The smallest absolute Gasteiger partial charge is 0.225 e. The quantitative estimate of drug-likeness (QED) is 0.819. The van der Waals surface area contributed by atoms with Crippen LogP contribution in [0.3, 0.4) is 0 Å². The van der Waals surface area contributed by atoms with Gasteiger partial charge in [-0.3, -0.25) is 4.79 Å². The number of nitrogens with zero attached hydrogens (tertiary/aromatic N) is 1. The van der Waals surface area contributed by atoms with E-state index in [1.807, 2.05) is 0 Å². The average Bonchev–Trinajstić information content (AvgIpc) is 2.68. The zero-order valence-electron chi connectivity index (χ0n) is 12.1. The number of likely N-dealkylation sites (tertiary alicyclic amines) is 1. The number of rotatable bonds is 2. The number of nitrogens with two attached hydrogens (primary N) is 1. The van der Waals surface area contributed by atoms with Crippen LogP contribution in [-0.4, -0.2) is 29.9 Å². The van der Waals surface area contributed by atoms with Gasteiger partial charge in [-0.05, 0) is 37.0 Å². The molecular weight excluding hydrogens is 224 g/mol. The highest BCUT2D eigenvalue weighted by Gasteiger charge is 2.35. The van der Waals surface area contributed by atoms with E-state index >= 15 is 0 Å². The molecule has 1 saturated carbocycles. The molecule has 3 heteroatoms. The topological polar surface area (TPSA) is 46.3 Å². The molecule has 2 fully saturated rings.